The van der Waals surface area contributed by atoms with Crippen molar-refractivity contribution in [2.75, 3.05) is 17.9 Å². The van der Waals surface area contributed by atoms with E-state index >= 15 is 0 Å². The molecule has 7 heteroatoms. The zero-order chi connectivity index (χ0) is 15.2. The van der Waals surface area contributed by atoms with Crippen molar-refractivity contribution in [2.24, 2.45) is 5.84 Å². The molecule has 2 rings (SSSR count). The Kier molecular flexibility index (Phi) is 4.33. The third kappa shape index (κ3) is 3.08. The van der Waals surface area contributed by atoms with Crippen molar-refractivity contribution in [2.45, 2.75) is 0 Å². The van der Waals surface area contributed by atoms with Crippen molar-refractivity contribution in [3.8, 4) is 11.8 Å². The van der Waals surface area contributed by atoms with Crippen LogP contribution in [-0.4, -0.2) is 18.0 Å². The number of nitrogens with two attached hydrogens (primary N) is 1. The molecule has 0 fully saturated rings. The Morgan fingerprint density at radius 2 is 2.19 bits per heavy atom. The van der Waals surface area contributed by atoms with Crippen LogP contribution in [0.25, 0.3) is 0 Å². The van der Waals surface area contributed by atoms with Crippen LogP contribution in [0.4, 0.5) is 11.4 Å². The number of pyridine rings is 1. The van der Waals surface area contributed by atoms with E-state index in [1.54, 1.807) is 24.3 Å². The van der Waals surface area contributed by atoms with E-state index in [0.717, 1.165) is 0 Å². The summed E-state index contributed by atoms with van der Waals surface area (Å²) in [5.74, 6) is 5.36. The van der Waals surface area contributed by atoms with Crippen molar-refractivity contribution in [1.82, 2.24) is 4.98 Å². The third-order valence-electron chi connectivity index (χ3n) is 2.80. The lowest BCUT2D eigenvalue weighted by atomic mass is 10.2. The van der Waals surface area contributed by atoms with Gasteiger partial charge < -0.3 is 15.5 Å². The summed E-state index contributed by atoms with van der Waals surface area (Å²) in [6.07, 6.45) is 2.93. The van der Waals surface area contributed by atoms with Crippen LogP contribution in [-0.2, 0) is 0 Å². The van der Waals surface area contributed by atoms with Crippen LogP contribution in [0, 0.1) is 11.3 Å². The first-order valence-electron chi connectivity index (χ1n) is 5.99. The highest BCUT2D eigenvalue weighted by molar-refractivity contribution is 6.08. The van der Waals surface area contributed by atoms with Gasteiger partial charge in [-0.2, -0.15) is 5.26 Å². The summed E-state index contributed by atoms with van der Waals surface area (Å²) in [5.41, 5.74) is 4.08. The average molecular weight is 283 g/mol. The number of amides is 1. The maximum atomic E-state index is 12.2. The Morgan fingerprint density at radius 3 is 2.86 bits per heavy atom. The lowest BCUT2D eigenvalue weighted by Gasteiger charge is -2.12. The van der Waals surface area contributed by atoms with Gasteiger partial charge in [0.05, 0.1) is 35.7 Å². The normalized spacial score (nSPS) is 9.57. The highest BCUT2D eigenvalue weighted by Gasteiger charge is 2.13. The van der Waals surface area contributed by atoms with Gasteiger partial charge >= 0.3 is 0 Å². The van der Waals surface area contributed by atoms with Gasteiger partial charge in [0.15, 0.2) is 0 Å². The van der Waals surface area contributed by atoms with Gasteiger partial charge in [0.1, 0.15) is 5.75 Å². The monoisotopic (exact) mass is 283 g/mol. The number of benzene rings is 1. The second kappa shape index (κ2) is 6.36. The Labute approximate surface area is 121 Å². The molecular formula is C14H13N5O2. The Balaban J connectivity index is 2.30. The van der Waals surface area contributed by atoms with Crippen LogP contribution < -0.4 is 21.3 Å². The van der Waals surface area contributed by atoms with E-state index in [-0.39, 0.29) is 5.91 Å². The predicted octanol–water partition coefficient (Wildman–Crippen LogP) is 1.50. The number of nitrogens with zero attached hydrogens (tertiary/aromatic N) is 2. The van der Waals surface area contributed by atoms with Crippen LogP contribution in [0.1, 0.15) is 15.9 Å². The van der Waals surface area contributed by atoms with Crippen LogP contribution in [0.15, 0.2) is 36.7 Å². The first kappa shape index (κ1) is 14.3. The molecule has 0 atom stereocenters. The fourth-order valence-corrected chi connectivity index (χ4v) is 1.75. The number of ether oxygens (including phenoxy) is 1. The van der Waals surface area contributed by atoms with E-state index in [4.69, 9.17) is 15.8 Å². The molecule has 0 saturated heterocycles. The smallest absolute Gasteiger partial charge is 0.259 e. The molecule has 1 amide bonds. The summed E-state index contributed by atoms with van der Waals surface area (Å²) in [4.78, 5) is 16.1. The minimum atomic E-state index is -0.390. The molecule has 4 N–H and O–H groups in total. The fraction of sp³-hybridized carbons (Fsp3) is 0.0714. The minimum Gasteiger partial charge on any atom is -0.495 e. The summed E-state index contributed by atoms with van der Waals surface area (Å²) in [7, 11) is 1.46. The first-order valence-corrected chi connectivity index (χ1v) is 5.99. The maximum absolute atomic E-state index is 12.2. The molecule has 2 aromatic rings. The number of methoxy groups -OCH3 is 1. The molecule has 0 bridgehead atoms. The molecular weight excluding hydrogens is 270 g/mol. The van der Waals surface area contributed by atoms with Crippen molar-refractivity contribution >= 4 is 17.3 Å². The van der Waals surface area contributed by atoms with Gasteiger partial charge in [-0.25, -0.2) is 0 Å². The van der Waals surface area contributed by atoms with E-state index in [0.29, 0.717) is 28.3 Å². The summed E-state index contributed by atoms with van der Waals surface area (Å²) in [5, 5.41) is 11.5. The first-order chi connectivity index (χ1) is 10.2. The van der Waals surface area contributed by atoms with Gasteiger partial charge in [-0.05, 0) is 18.2 Å². The molecule has 7 nitrogen and oxygen atoms in total. The number of rotatable bonds is 4. The van der Waals surface area contributed by atoms with Gasteiger partial charge in [-0.15, -0.1) is 0 Å². The lowest BCUT2D eigenvalue weighted by Crippen LogP contribution is -2.17. The number of carbonyl (C=O) groups excluding carboxylic acids is 1. The molecule has 106 valence electrons. The number of hydrogen-bond acceptors (Lipinski definition) is 6. The molecule has 1 aromatic carbocycles. The van der Waals surface area contributed by atoms with E-state index in [1.807, 2.05) is 6.07 Å². The summed E-state index contributed by atoms with van der Waals surface area (Å²) >= 11 is 0. The molecule has 0 saturated carbocycles. The van der Waals surface area contributed by atoms with E-state index < -0.39 is 0 Å². The van der Waals surface area contributed by atoms with Gasteiger partial charge in [0.2, 0.25) is 0 Å². The molecule has 1 heterocycles. The summed E-state index contributed by atoms with van der Waals surface area (Å²) in [6, 6.07) is 8.32. The van der Waals surface area contributed by atoms with E-state index in [9.17, 15) is 4.79 Å². The quantitative estimate of drug-likeness (QED) is 0.579. The highest BCUT2D eigenvalue weighted by Crippen LogP contribution is 2.26. The van der Waals surface area contributed by atoms with Crippen LogP contribution in [0.2, 0.25) is 0 Å². The minimum absolute atomic E-state index is 0.298. The predicted molar refractivity (Wildman–Crippen MR) is 77.7 cm³/mol. The summed E-state index contributed by atoms with van der Waals surface area (Å²) < 4.78 is 5.16. The maximum Gasteiger partial charge on any atom is 0.259 e. The zero-order valence-corrected chi connectivity index (χ0v) is 11.3. The van der Waals surface area contributed by atoms with Crippen LogP contribution in [0.3, 0.4) is 0 Å². The third-order valence-corrected chi connectivity index (χ3v) is 2.80. The SMILES string of the molecule is COc1cc(C#N)ccc1NC(=O)c1cnccc1NN. The van der Waals surface area contributed by atoms with Gasteiger partial charge in [0, 0.05) is 18.5 Å². The van der Waals surface area contributed by atoms with Crippen LogP contribution >= 0.6 is 0 Å². The number of nitrogens with one attached hydrogen (secondary N) is 2. The molecule has 0 spiro atoms. The number of anilines is 2. The van der Waals surface area contributed by atoms with E-state index in [1.165, 1.54) is 19.5 Å². The number of hydrogen-bond donors (Lipinski definition) is 3. The second-order valence-electron chi connectivity index (χ2n) is 4.05. The van der Waals surface area contributed by atoms with Crippen molar-refractivity contribution < 1.29 is 9.53 Å². The number of aromatic nitrogens is 1. The Morgan fingerprint density at radius 1 is 1.38 bits per heavy atom. The molecule has 0 aliphatic carbocycles. The van der Waals surface area contributed by atoms with Gasteiger partial charge in [-0.1, -0.05) is 0 Å². The van der Waals surface area contributed by atoms with Crippen LogP contribution in [0.5, 0.6) is 5.75 Å². The van der Waals surface area contributed by atoms with Crippen molar-refractivity contribution in [3.63, 3.8) is 0 Å². The summed E-state index contributed by atoms with van der Waals surface area (Å²) in [6.45, 7) is 0. The second-order valence-corrected chi connectivity index (χ2v) is 4.05. The standard InChI is InChI=1S/C14H13N5O2/c1-21-13-6-9(7-15)2-3-12(13)18-14(20)10-8-17-5-4-11(10)19-16/h2-6,8H,16H2,1H3,(H,17,19)(H,18,20). The topological polar surface area (TPSA) is 113 Å². The number of nitriles is 1. The molecule has 0 radical (unpaired) electrons. The molecule has 0 aliphatic heterocycles. The van der Waals surface area contributed by atoms with Crippen molar-refractivity contribution in [1.29, 1.82) is 5.26 Å². The number of hydrazine groups is 1. The zero-order valence-electron chi connectivity index (χ0n) is 11.3. The fourth-order valence-electron chi connectivity index (χ4n) is 1.75. The van der Waals surface area contributed by atoms with Gasteiger partial charge in [0.25, 0.3) is 5.91 Å². The molecule has 0 aliphatic rings. The molecule has 1 aromatic heterocycles. The van der Waals surface area contributed by atoms with E-state index in [2.05, 4.69) is 15.7 Å². The highest BCUT2D eigenvalue weighted by atomic mass is 16.5. The largest absolute Gasteiger partial charge is 0.495 e. The van der Waals surface area contributed by atoms with Gasteiger partial charge in [-0.3, -0.25) is 15.6 Å². The Hall–Kier alpha value is -3.11. The lowest BCUT2D eigenvalue weighted by molar-refractivity contribution is 0.102. The number of nitrogen functional groups attached to an aromatic ring is 1. The molecule has 21 heavy (non-hydrogen) atoms. The van der Waals surface area contributed by atoms with Crippen molar-refractivity contribution in [3.05, 3.63) is 47.8 Å². The molecule has 0 unspecified atom stereocenters. The number of carbonyl (C=O) groups is 1. The Bertz CT molecular complexity index is 709. The average Bonchev–Trinajstić information content (AvgIpc) is 2.55.